The maximum atomic E-state index is 6.19. The topological polar surface area (TPSA) is 9.23 Å². The summed E-state index contributed by atoms with van der Waals surface area (Å²) in [7, 11) is 0. The van der Waals surface area contributed by atoms with Crippen molar-refractivity contribution in [3.8, 4) is 5.75 Å². The largest absolute Gasteiger partial charge is 0.494 e. The van der Waals surface area contributed by atoms with Crippen molar-refractivity contribution in [2.45, 2.75) is 12.8 Å². The number of rotatable bonds is 7. The van der Waals surface area contributed by atoms with E-state index in [1.54, 1.807) is 0 Å². The van der Waals surface area contributed by atoms with E-state index in [0.29, 0.717) is 18.4 Å². The highest BCUT2D eigenvalue weighted by atomic mass is 79.9. The maximum absolute atomic E-state index is 6.19. The molecule has 0 aromatic heterocycles. The quantitative estimate of drug-likeness (QED) is 0.531. The molecule has 4 heteroatoms. The van der Waals surface area contributed by atoms with Crippen molar-refractivity contribution in [2.24, 2.45) is 5.92 Å². The smallest absolute Gasteiger partial charge is 0.120 e. The van der Waals surface area contributed by atoms with E-state index in [9.17, 15) is 0 Å². The Morgan fingerprint density at radius 2 is 1.90 bits per heavy atom. The second-order valence-electron chi connectivity index (χ2n) is 4.91. The number of alkyl halides is 1. The Balaban J connectivity index is 1.84. The Hall–Kier alpha value is -0.700. The van der Waals surface area contributed by atoms with Gasteiger partial charge in [0.25, 0.3) is 0 Å². The Morgan fingerprint density at radius 1 is 1.10 bits per heavy atom. The first-order valence-electron chi connectivity index (χ1n) is 6.87. The van der Waals surface area contributed by atoms with Crippen LogP contribution >= 0.6 is 39.1 Å². The molecule has 0 aliphatic heterocycles. The predicted octanol–water partition coefficient (Wildman–Crippen LogP) is 5.97. The highest BCUT2D eigenvalue weighted by Gasteiger charge is 2.11. The van der Waals surface area contributed by atoms with Gasteiger partial charge in [0, 0.05) is 15.4 Å². The van der Waals surface area contributed by atoms with E-state index in [1.807, 2.05) is 42.5 Å². The summed E-state index contributed by atoms with van der Waals surface area (Å²) in [6.45, 7) is 0.651. The summed E-state index contributed by atoms with van der Waals surface area (Å²) in [5, 5.41) is 0.806. The number of hydrogen-bond acceptors (Lipinski definition) is 1. The van der Waals surface area contributed by atoms with Crippen LogP contribution < -0.4 is 4.74 Å². The third-order valence-electron chi connectivity index (χ3n) is 3.28. The van der Waals surface area contributed by atoms with Crippen molar-refractivity contribution in [1.82, 2.24) is 0 Å². The van der Waals surface area contributed by atoms with Gasteiger partial charge in [0.1, 0.15) is 5.75 Å². The molecule has 2 aromatic rings. The van der Waals surface area contributed by atoms with Crippen LogP contribution in [0.25, 0.3) is 0 Å². The molecule has 0 fully saturated rings. The van der Waals surface area contributed by atoms with Gasteiger partial charge in [0.05, 0.1) is 6.61 Å². The molecule has 0 aliphatic rings. The van der Waals surface area contributed by atoms with Crippen molar-refractivity contribution in [3.05, 3.63) is 63.6 Å². The molecule has 0 aliphatic carbocycles. The van der Waals surface area contributed by atoms with Crippen LogP contribution in [0.1, 0.15) is 12.0 Å². The van der Waals surface area contributed by atoms with Gasteiger partial charge in [-0.05, 0) is 48.6 Å². The lowest BCUT2D eigenvalue weighted by Crippen LogP contribution is -2.12. The summed E-state index contributed by atoms with van der Waals surface area (Å²) in [6, 6.07) is 15.8. The van der Waals surface area contributed by atoms with Crippen LogP contribution in [-0.2, 0) is 6.42 Å². The van der Waals surface area contributed by atoms with Gasteiger partial charge in [-0.25, -0.2) is 0 Å². The molecule has 0 radical (unpaired) electrons. The Labute approximate surface area is 144 Å². The summed E-state index contributed by atoms with van der Waals surface area (Å²) in [5.41, 5.74) is 1.15. The molecule has 2 rings (SSSR count). The fraction of sp³-hybridized carbons (Fsp3) is 0.294. The van der Waals surface area contributed by atoms with Crippen molar-refractivity contribution >= 4 is 39.1 Å². The zero-order valence-electron chi connectivity index (χ0n) is 11.6. The molecular formula is C17H17BrCl2O. The molecule has 0 bridgehead atoms. The van der Waals surface area contributed by atoms with E-state index in [0.717, 1.165) is 33.6 Å². The van der Waals surface area contributed by atoms with Gasteiger partial charge >= 0.3 is 0 Å². The summed E-state index contributed by atoms with van der Waals surface area (Å²) >= 11 is 15.7. The summed E-state index contributed by atoms with van der Waals surface area (Å²) in [5.74, 6) is 1.83. The Morgan fingerprint density at radius 3 is 2.62 bits per heavy atom. The molecule has 0 amide bonds. The van der Waals surface area contributed by atoms with Crippen LogP contribution in [0.3, 0.4) is 0 Å². The van der Waals surface area contributed by atoms with Gasteiger partial charge in [-0.1, -0.05) is 51.8 Å². The van der Waals surface area contributed by atoms with Crippen LogP contribution in [0.5, 0.6) is 5.75 Å². The van der Waals surface area contributed by atoms with Gasteiger partial charge in [0.2, 0.25) is 0 Å². The fourth-order valence-electron chi connectivity index (χ4n) is 2.11. The third-order valence-corrected chi connectivity index (χ3v) is 4.57. The molecule has 0 heterocycles. The lowest BCUT2D eigenvalue weighted by molar-refractivity contribution is 0.284. The molecule has 0 spiro atoms. The molecule has 2 aromatic carbocycles. The Bertz CT molecular complexity index is 574. The van der Waals surface area contributed by atoms with E-state index in [-0.39, 0.29) is 0 Å². The first-order chi connectivity index (χ1) is 10.2. The molecule has 1 nitrogen and oxygen atoms in total. The van der Waals surface area contributed by atoms with Crippen molar-refractivity contribution < 1.29 is 4.74 Å². The van der Waals surface area contributed by atoms with Gasteiger partial charge in [-0.3, -0.25) is 0 Å². The maximum Gasteiger partial charge on any atom is 0.120 e. The minimum Gasteiger partial charge on any atom is -0.494 e. The number of hydrogen-bond donors (Lipinski definition) is 0. The van der Waals surface area contributed by atoms with Crippen LogP contribution in [0, 0.1) is 5.92 Å². The zero-order chi connectivity index (χ0) is 15.1. The average molecular weight is 388 g/mol. The minimum absolute atomic E-state index is 0.360. The second kappa shape index (κ2) is 8.67. The van der Waals surface area contributed by atoms with Crippen molar-refractivity contribution in [1.29, 1.82) is 0 Å². The molecule has 0 N–H and O–H groups in total. The van der Waals surface area contributed by atoms with E-state index < -0.39 is 0 Å². The highest BCUT2D eigenvalue weighted by Crippen LogP contribution is 2.22. The molecule has 1 unspecified atom stereocenters. The summed E-state index contributed by atoms with van der Waals surface area (Å²) in [6.07, 6.45) is 1.78. The van der Waals surface area contributed by atoms with E-state index in [2.05, 4.69) is 22.0 Å². The Kier molecular flexibility index (Phi) is 6.88. The normalized spacial score (nSPS) is 12.1. The first kappa shape index (κ1) is 16.7. The summed E-state index contributed by atoms with van der Waals surface area (Å²) < 4.78 is 6.78. The third kappa shape index (κ3) is 5.54. The van der Waals surface area contributed by atoms with E-state index >= 15 is 0 Å². The van der Waals surface area contributed by atoms with Crippen molar-refractivity contribution in [2.75, 3.05) is 12.5 Å². The monoisotopic (exact) mass is 386 g/mol. The van der Waals surface area contributed by atoms with Gasteiger partial charge in [-0.15, -0.1) is 11.6 Å². The SMILES string of the molecule is ClCC(CCOc1cccc(Br)c1)Cc1ccccc1Cl. The molecule has 112 valence electrons. The van der Waals surface area contributed by atoms with Gasteiger partial charge in [0.15, 0.2) is 0 Å². The highest BCUT2D eigenvalue weighted by molar-refractivity contribution is 9.10. The first-order valence-corrected chi connectivity index (χ1v) is 8.57. The number of benzene rings is 2. The average Bonchev–Trinajstić information content (AvgIpc) is 2.48. The molecule has 0 saturated carbocycles. The standard InChI is InChI=1S/C17H17BrCl2O/c18-15-5-3-6-16(11-15)21-9-8-13(12-19)10-14-4-1-2-7-17(14)20/h1-7,11,13H,8-10,12H2. The molecule has 1 atom stereocenters. The van der Waals surface area contributed by atoms with Crippen LogP contribution in [0.2, 0.25) is 5.02 Å². The second-order valence-corrected chi connectivity index (χ2v) is 6.54. The molecular weight excluding hydrogens is 371 g/mol. The van der Waals surface area contributed by atoms with Crippen LogP contribution in [0.4, 0.5) is 0 Å². The lowest BCUT2D eigenvalue weighted by atomic mass is 9.98. The van der Waals surface area contributed by atoms with Crippen LogP contribution in [0.15, 0.2) is 53.0 Å². The van der Waals surface area contributed by atoms with Gasteiger partial charge in [-0.2, -0.15) is 0 Å². The van der Waals surface area contributed by atoms with Crippen LogP contribution in [-0.4, -0.2) is 12.5 Å². The van der Waals surface area contributed by atoms with Crippen molar-refractivity contribution in [3.63, 3.8) is 0 Å². The number of halogens is 3. The lowest BCUT2D eigenvalue weighted by Gasteiger charge is -2.15. The number of ether oxygens (including phenoxy) is 1. The minimum atomic E-state index is 0.360. The van der Waals surface area contributed by atoms with E-state index in [4.69, 9.17) is 27.9 Å². The fourth-order valence-corrected chi connectivity index (χ4v) is 2.96. The molecule has 0 saturated heterocycles. The predicted molar refractivity (Wildman–Crippen MR) is 93.6 cm³/mol. The zero-order valence-corrected chi connectivity index (χ0v) is 14.7. The van der Waals surface area contributed by atoms with E-state index in [1.165, 1.54) is 0 Å². The summed E-state index contributed by atoms with van der Waals surface area (Å²) in [4.78, 5) is 0. The van der Waals surface area contributed by atoms with Gasteiger partial charge < -0.3 is 4.74 Å². The molecule has 21 heavy (non-hydrogen) atoms.